The van der Waals surface area contributed by atoms with Crippen molar-refractivity contribution in [3.63, 3.8) is 0 Å². The fraction of sp³-hybridized carbons (Fsp3) is 0.316. The molecule has 0 heterocycles. The molecule has 0 radical (unpaired) electrons. The van der Waals surface area contributed by atoms with Crippen LogP contribution in [0.15, 0.2) is 36.4 Å². The van der Waals surface area contributed by atoms with Gasteiger partial charge in [0.1, 0.15) is 49.5 Å². The molecule has 0 saturated heterocycles. The van der Waals surface area contributed by atoms with Crippen molar-refractivity contribution in [2.75, 3.05) is 26.3 Å². The zero-order valence-corrected chi connectivity index (χ0v) is 15.8. The number of hydrogen-bond acceptors (Lipinski definition) is 3. The van der Waals surface area contributed by atoms with Crippen LogP contribution in [0, 0.1) is 23.3 Å². The molecule has 4 nitrogen and oxygen atoms in total. The standard InChI is InChI=1S/C19H19ClF4NO3/c1-25(6-7-27-19(26)28-12-20,10-13-2-4-14(21)5-3-13)11-16-17(23)8-15(22)9-18(16)24/h2-5,8-9H,6-7,10-12H2,1H3/q+1. The minimum absolute atomic E-state index is 0.000734. The van der Waals surface area contributed by atoms with E-state index in [0.717, 1.165) is 0 Å². The Morgan fingerprint density at radius 3 is 2.14 bits per heavy atom. The van der Waals surface area contributed by atoms with Gasteiger partial charge >= 0.3 is 6.16 Å². The average molecular weight is 421 g/mol. The van der Waals surface area contributed by atoms with Gasteiger partial charge in [-0.25, -0.2) is 22.4 Å². The van der Waals surface area contributed by atoms with Crippen molar-refractivity contribution in [2.24, 2.45) is 0 Å². The number of nitrogens with zero attached hydrogens (tertiary/aromatic N) is 1. The second-order valence-corrected chi connectivity index (χ2v) is 6.70. The van der Waals surface area contributed by atoms with Crippen LogP contribution >= 0.6 is 11.6 Å². The van der Waals surface area contributed by atoms with Crippen LogP contribution in [-0.4, -0.2) is 36.9 Å². The molecule has 9 heteroatoms. The molecule has 0 aromatic heterocycles. The summed E-state index contributed by atoms with van der Waals surface area (Å²) in [7, 11) is 1.68. The van der Waals surface area contributed by atoms with Crippen molar-refractivity contribution < 1.29 is 36.3 Å². The first kappa shape index (κ1) is 22.0. The Morgan fingerprint density at radius 2 is 1.57 bits per heavy atom. The summed E-state index contributed by atoms with van der Waals surface area (Å²) in [5, 5.41) is 0. The van der Waals surface area contributed by atoms with Crippen LogP contribution < -0.4 is 0 Å². The molecule has 0 saturated carbocycles. The predicted octanol–water partition coefficient (Wildman–Crippen LogP) is 4.74. The second-order valence-electron chi connectivity index (χ2n) is 6.49. The highest BCUT2D eigenvalue weighted by Crippen LogP contribution is 2.22. The molecule has 28 heavy (non-hydrogen) atoms. The van der Waals surface area contributed by atoms with E-state index in [1.54, 1.807) is 19.2 Å². The van der Waals surface area contributed by atoms with Crippen LogP contribution in [0.4, 0.5) is 22.4 Å². The normalized spacial score (nSPS) is 13.1. The van der Waals surface area contributed by atoms with Gasteiger partial charge < -0.3 is 14.0 Å². The molecule has 1 atom stereocenters. The molecular formula is C19H19ClF4NO3+. The molecule has 0 spiro atoms. The van der Waals surface area contributed by atoms with E-state index in [1.807, 2.05) is 0 Å². The fourth-order valence-corrected chi connectivity index (χ4v) is 2.87. The minimum Gasteiger partial charge on any atom is -0.428 e. The molecule has 152 valence electrons. The monoisotopic (exact) mass is 420 g/mol. The van der Waals surface area contributed by atoms with Gasteiger partial charge in [0, 0.05) is 17.7 Å². The number of carbonyl (C=O) groups is 1. The number of alkyl halides is 1. The number of carbonyl (C=O) groups excluding carboxylic acids is 1. The second kappa shape index (κ2) is 9.75. The molecule has 0 aliphatic rings. The molecule has 0 fully saturated rings. The third-order valence-electron chi connectivity index (χ3n) is 4.15. The van der Waals surface area contributed by atoms with Crippen molar-refractivity contribution >= 4 is 17.8 Å². The minimum atomic E-state index is -1.02. The summed E-state index contributed by atoms with van der Waals surface area (Å²) >= 11 is 5.27. The molecular weight excluding hydrogens is 402 g/mol. The zero-order chi connectivity index (χ0) is 20.7. The van der Waals surface area contributed by atoms with Crippen LogP contribution in [0.25, 0.3) is 0 Å². The first-order valence-electron chi connectivity index (χ1n) is 8.29. The number of likely N-dealkylation sites (N-methyl/N-ethyl adjacent to an activating group) is 1. The molecule has 0 bridgehead atoms. The van der Waals surface area contributed by atoms with E-state index in [-0.39, 0.29) is 42.4 Å². The quantitative estimate of drug-likeness (QED) is 0.268. The van der Waals surface area contributed by atoms with E-state index in [9.17, 15) is 22.4 Å². The smallest absolute Gasteiger partial charge is 0.428 e. The highest BCUT2D eigenvalue weighted by molar-refractivity contribution is 6.17. The van der Waals surface area contributed by atoms with Gasteiger partial charge in [-0.2, -0.15) is 0 Å². The number of benzene rings is 2. The first-order valence-corrected chi connectivity index (χ1v) is 8.83. The molecule has 2 rings (SSSR count). The number of halogens is 5. The summed E-state index contributed by atoms with van der Waals surface area (Å²) in [6, 6.07) is 6.48. The van der Waals surface area contributed by atoms with Gasteiger partial charge in [0.15, 0.2) is 6.07 Å². The van der Waals surface area contributed by atoms with Gasteiger partial charge in [-0.1, -0.05) is 23.7 Å². The number of rotatable bonds is 8. The lowest BCUT2D eigenvalue weighted by molar-refractivity contribution is -0.935. The highest BCUT2D eigenvalue weighted by Gasteiger charge is 2.27. The van der Waals surface area contributed by atoms with Crippen molar-refractivity contribution in [3.8, 4) is 0 Å². The summed E-state index contributed by atoms with van der Waals surface area (Å²) in [6.45, 7) is 0.149. The predicted molar refractivity (Wildman–Crippen MR) is 94.3 cm³/mol. The first-order chi connectivity index (χ1) is 13.2. The lowest BCUT2D eigenvalue weighted by Crippen LogP contribution is -2.45. The Morgan fingerprint density at radius 1 is 0.964 bits per heavy atom. The van der Waals surface area contributed by atoms with Crippen LogP contribution in [0.1, 0.15) is 11.1 Å². The van der Waals surface area contributed by atoms with Crippen LogP contribution in [0.3, 0.4) is 0 Å². The maximum atomic E-state index is 14.1. The van der Waals surface area contributed by atoms with Crippen molar-refractivity contribution in [2.45, 2.75) is 13.1 Å². The largest absolute Gasteiger partial charge is 0.509 e. The lowest BCUT2D eigenvalue weighted by atomic mass is 10.1. The van der Waals surface area contributed by atoms with E-state index in [2.05, 4.69) is 4.74 Å². The van der Waals surface area contributed by atoms with Gasteiger partial charge in [-0.05, 0) is 12.1 Å². The third-order valence-corrected chi connectivity index (χ3v) is 4.26. The molecule has 0 aliphatic carbocycles. The summed E-state index contributed by atoms with van der Waals surface area (Å²) < 4.78 is 63.9. The maximum Gasteiger partial charge on any atom is 0.509 e. The Bertz CT molecular complexity index is 796. The van der Waals surface area contributed by atoms with Gasteiger partial charge in [-0.3, -0.25) is 0 Å². The highest BCUT2D eigenvalue weighted by atomic mass is 35.5. The van der Waals surface area contributed by atoms with Crippen molar-refractivity contribution in [1.82, 2.24) is 0 Å². The average Bonchev–Trinajstić information content (AvgIpc) is 2.60. The maximum absolute atomic E-state index is 14.1. The Balaban J connectivity index is 2.22. The SMILES string of the molecule is C[N+](CCOC(=O)OCCl)(Cc1ccc(F)cc1)Cc1c(F)cc(F)cc1F. The Hall–Kier alpha value is -2.32. The topological polar surface area (TPSA) is 35.5 Å². The fourth-order valence-electron chi connectivity index (χ4n) is 2.79. The Labute approximate surface area is 164 Å². The van der Waals surface area contributed by atoms with Crippen LogP contribution in [-0.2, 0) is 22.6 Å². The van der Waals surface area contributed by atoms with E-state index in [1.165, 1.54) is 12.1 Å². The summed E-state index contributed by atoms with van der Waals surface area (Å²) in [5.41, 5.74) is 0.407. The lowest BCUT2D eigenvalue weighted by Gasteiger charge is -2.34. The van der Waals surface area contributed by atoms with Gasteiger partial charge in [-0.15, -0.1) is 0 Å². The van der Waals surface area contributed by atoms with Crippen molar-refractivity contribution in [1.29, 1.82) is 0 Å². The number of quaternary nitrogens is 1. The van der Waals surface area contributed by atoms with Gasteiger partial charge in [0.2, 0.25) is 0 Å². The van der Waals surface area contributed by atoms with Crippen LogP contribution in [0.5, 0.6) is 0 Å². The molecule has 2 aromatic rings. The van der Waals surface area contributed by atoms with Crippen molar-refractivity contribution in [3.05, 3.63) is 70.8 Å². The summed E-state index contributed by atoms with van der Waals surface area (Å²) in [5.74, 6) is -3.45. The molecule has 1 unspecified atom stereocenters. The van der Waals surface area contributed by atoms with Gasteiger partial charge in [0.05, 0.1) is 12.6 Å². The summed E-state index contributed by atoms with van der Waals surface area (Å²) in [6.07, 6.45) is -0.970. The zero-order valence-electron chi connectivity index (χ0n) is 15.1. The van der Waals surface area contributed by atoms with E-state index < -0.39 is 29.4 Å². The number of ether oxygens (including phenoxy) is 2. The third kappa shape index (κ3) is 6.38. The molecule has 0 aliphatic heterocycles. The van der Waals surface area contributed by atoms with Crippen LogP contribution in [0.2, 0.25) is 0 Å². The Kier molecular flexibility index (Phi) is 7.65. The molecule has 2 aromatic carbocycles. The van der Waals surface area contributed by atoms with E-state index >= 15 is 0 Å². The van der Waals surface area contributed by atoms with Gasteiger partial charge in [0.25, 0.3) is 0 Å². The number of hydrogen-bond donors (Lipinski definition) is 0. The van der Waals surface area contributed by atoms with E-state index in [0.29, 0.717) is 17.7 Å². The summed E-state index contributed by atoms with van der Waals surface area (Å²) in [4.78, 5) is 11.3. The molecule has 0 N–H and O–H groups in total. The van der Waals surface area contributed by atoms with E-state index in [4.69, 9.17) is 16.3 Å². The molecule has 0 amide bonds.